The third kappa shape index (κ3) is 12.0. The number of hydrogen-bond acceptors (Lipinski definition) is 7. The van der Waals surface area contributed by atoms with E-state index in [4.69, 9.17) is 14.2 Å². The Kier molecular flexibility index (Phi) is 13.5. The highest BCUT2D eigenvalue weighted by molar-refractivity contribution is 5.95. The molecule has 3 atom stereocenters. The minimum absolute atomic E-state index is 0.0558. The molecule has 3 aromatic carbocycles. The van der Waals surface area contributed by atoms with Crippen LogP contribution in [0.3, 0.4) is 0 Å². The fraction of sp³-hybridized carbons (Fsp3) is 0.400. The van der Waals surface area contributed by atoms with Crippen LogP contribution in [0.5, 0.6) is 0 Å². The van der Waals surface area contributed by atoms with Crippen molar-refractivity contribution in [3.05, 3.63) is 108 Å². The summed E-state index contributed by atoms with van der Waals surface area (Å²) in [6.45, 7) is 9.12. The van der Waals surface area contributed by atoms with Crippen LogP contribution >= 0.6 is 0 Å². The van der Waals surface area contributed by atoms with E-state index in [9.17, 15) is 19.6 Å². The van der Waals surface area contributed by atoms with Gasteiger partial charge < -0.3 is 24.4 Å². The van der Waals surface area contributed by atoms with Crippen molar-refractivity contribution < 1.29 is 33.8 Å². The molecule has 10 nitrogen and oxygen atoms in total. The molecule has 0 heterocycles. The van der Waals surface area contributed by atoms with Crippen molar-refractivity contribution in [3.8, 4) is 0 Å². The lowest BCUT2D eigenvalue weighted by Crippen LogP contribution is -2.57. The summed E-state index contributed by atoms with van der Waals surface area (Å²) in [5, 5.41) is 14.3. The van der Waals surface area contributed by atoms with Crippen molar-refractivity contribution in [2.45, 2.75) is 78.1 Å². The summed E-state index contributed by atoms with van der Waals surface area (Å²) >= 11 is 0. The fourth-order valence-electron chi connectivity index (χ4n) is 4.69. The highest BCUT2D eigenvalue weighted by Gasteiger charge is 2.37. The molecule has 242 valence electrons. The number of ether oxygens (including phenoxy) is 3. The van der Waals surface area contributed by atoms with Crippen LogP contribution in [-0.4, -0.2) is 70.3 Å². The Balaban J connectivity index is 2.06. The first-order chi connectivity index (χ1) is 21.5. The average molecular weight is 620 g/mol. The molecule has 1 unspecified atom stereocenters. The smallest absolute Gasteiger partial charge is 0.408 e. The van der Waals surface area contributed by atoms with Gasteiger partial charge in [-0.1, -0.05) is 78.9 Å². The Morgan fingerprint density at radius 1 is 0.822 bits per heavy atom. The molecule has 0 fully saturated rings. The van der Waals surface area contributed by atoms with Crippen LogP contribution in [0.25, 0.3) is 0 Å². The molecule has 0 aromatic heterocycles. The summed E-state index contributed by atoms with van der Waals surface area (Å²) < 4.78 is 17.1. The van der Waals surface area contributed by atoms with Crippen molar-refractivity contribution in [1.82, 2.24) is 15.3 Å². The number of benzene rings is 3. The molecule has 0 radical (unpaired) electrons. The molecule has 45 heavy (non-hydrogen) atoms. The van der Waals surface area contributed by atoms with Gasteiger partial charge in [0.05, 0.1) is 31.7 Å². The van der Waals surface area contributed by atoms with E-state index in [1.165, 1.54) is 4.90 Å². The number of alkyl carbamates (subject to hydrolysis) is 1. The molecule has 0 spiro atoms. The second-order valence-electron chi connectivity index (χ2n) is 11.6. The Morgan fingerprint density at radius 2 is 1.36 bits per heavy atom. The lowest BCUT2D eigenvalue weighted by atomic mass is 9.99. The SMILES string of the molecule is CCOC(C)OC[C@@H](NC(=O)OC(C)(C)C)[C@H](CC(=O)N(O)Cc1ccccc1)N(Cc1ccccc1)C(=O)c1ccccc1. The maximum Gasteiger partial charge on any atom is 0.408 e. The molecule has 0 aliphatic rings. The van der Waals surface area contributed by atoms with Crippen LogP contribution in [0.1, 0.15) is 62.5 Å². The number of hydroxylamine groups is 2. The summed E-state index contributed by atoms with van der Waals surface area (Å²) in [6.07, 6.45) is -1.70. The molecular weight excluding hydrogens is 574 g/mol. The molecule has 10 heteroatoms. The number of carbonyl (C=O) groups excluding carboxylic acids is 3. The van der Waals surface area contributed by atoms with Gasteiger partial charge in [-0.3, -0.25) is 14.8 Å². The minimum atomic E-state index is -0.975. The van der Waals surface area contributed by atoms with Crippen LogP contribution in [0.4, 0.5) is 4.79 Å². The van der Waals surface area contributed by atoms with Crippen LogP contribution in [-0.2, 0) is 32.1 Å². The highest BCUT2D eigenvalue weighted by atomic mass is 16.7. The number of hydrogen-bond donors (Lipinski definition) is 2. The number of carbonyl (C=O) groups is 3. The lowest BCUT2D eigenvalue weighted by Gasteiger charge is -2.38. The number of nitrogens with zero attached hydrogens (tertiary/aromatic N) is 2. The standard InChI is InChI=1S/C35H45N3O7/c1-6-43-26(2)44-25-30(36-34(41)45-35(3,4)5)31(22-32(39)38(42)24-28-18-12-8-13-19-28)37(23-27-16-10-7-11-17-27)33(40)29-20-14-9-15-21-29/h7-21,26,30-31,42H,6,22-25H2,1-5H3,(H,36,41)/t26?,30-,31+/m1/s1. The molecule has 0 saturated carbocycles. The van der Waals surface area contributed by atoms with Gasteiger partial charge in [0.15, 0.2) is 6.29 Å². The molecule has 0 saturated heterocycles. The Bertz CT molecular complexity index is 1330. The van der Waals surface area contributed by atoms with Gasteiger partial charge in [0.1, 0.15) is 5.60 Å². The zero-order valence-corrected chi connectivity index (χ0v) is 26.7. The van der Waals surface area contributed by atoms with E-state index in [1.807, 2.05) is 61.5 Å². The van der Waals surface area contributed by atoms with Crippen molar-refractivity contribution in [2.24, 2.45) is 0 Å². The first kappa shape index (κ1) is 35.2. The molecular formula is C35H45N3O7. The van der Waals surface area contributed by atoms with E-state index >= 15 is 0 Å². The summed E-state index contributed by atoms with van der Waals surface area (Å²) in [5.74, 6) is -1.00. The summed E-state index contributed by atoms with van der Waals surface area (Å²) in [7, 11) is 0. The quantitative estimate of drug-likeness (QED) is 0.125. The second kappa shape index (κ2) is 17.3. The van der Waals surface area contributed by atoms with Crippen molar-refractivity contribution in [3.63, 3.8) is 0 Å². The summed E-state index contributed by atoms with van der Waals surface area (Å²) in [4.78, 5) is 42.6. The molecule has 0 aliphatic heterocycles. The van der Waals surface area contributed by atoms with E-state index in [0.29, 0.717) is 17.2 Å². The topological polar surface area (TPSA) is 118 Å². The second-order valence-corrected chi connectivity index (χ2v) is 11.6. The summed E-state index contributed by atoms with van der Waals surface area (Å²) in [6, 6.07) is 25.2. The predicted octanol–water partition coefficient (Wildman–Crippen LogP) is 5.80. The normalized spacial score (nSPS) is 13.3. The molecule has 0 bridgehead atoms. The average Bonchev–Trinajstić information content (AvgIpc) is 3.01. The Labute approximate surface area is 265 Å². The Morgan fingerprint density at radius 3 is 1.89 bits per heavy atom. The maximum atomic E-state index is 14.2. The van der Waals surface area contributed by atoms with Gasteiger partial charge in [-0.05, 0) is 57.9 Å². The van der Waals surface area contributed by atoms with Crippen LogP contribution in [0.2, 0.25) is 0 Å². The van der Waals surface area contributed by atoms with E-state index in [0.717, 1.165) is 11.1 Å². The molecule has 0 aliphatic carbocycles. The van der Waals surface area contributed by atoms with Gasteiger partial charge in [-0.2, -0.15) is 0 Å². The van der Waals surface area contributed by atoms with E-state index in [2.05, 4.69) is 5.32 Å². The summed E-state index contributed by atoms with van der Waals surface area (Å²) in [5.41, 5.74) is 1.13. The van der Waals surface area contributed by atoms with Crippen molar-refractivity contribution in [2.75, 3.05) is 13.2 Å². The molecule has 3 amide bonds. The number of amides is 3. The third-order valence-corrected chi connectivity index (χ3v) is 6.80. The van der Waals surface area contributed by atoms with E-state index < -0.39 is 36.0 Å². The van der Waals surface area contributed by atoms with E-state index in [1.54, 1.807) is 64.1 Å². The number of rotatable bonds is 15. The zero-order chi connectivity index (χ0) is 32.8. The first-order valence-corrected chi connectivity index (χ1v) is 15.1. The van der Waals surface area contributed by atoms with Gasteiger partial charge in [-0.15, -0.1) is 0 Å². The van der Waals surface area contributed by atoms with Crippen LogP contribution in [0, 0.1) is 0 Å². The molecule has 3 rings (SSSR count). The molecule has 2 N–H and O–H groups in total. The van der Waals surface area contributed by atoms with Gasteiger partial charge >= 0.3 is 6.09 Å². The van der Waals surface area contributed by atoms with Gasteiger partial charge in [0.25, 0.3) is 5.91 Å². The maximum absolute atomic E-state index is 14.2. The third-order valence-electron chi connectivity index (χ3n) is 6.80. The van der Waals surface area contributed by atoms with Crippen molar-refractivity contribution >= 4 is 17.9 Å². The van der Waals surface area contributed by atoms with Gasteiger partial charge in [-0.25, -0.2) is 9.86 Å². The monoisotopic (exact) mass is 619 g/mol. The zero-order valence-electron chi connectivity index (χ0n) is 26.7. The van der Waals surface area contributed by atoms with Gasteiger partial charge in [0.2, 0.25) is 5.91 Å². The largest absolute Gasteiger partial charge is 0.444 e. The number of nitrogens with one attached hydrogen (secondary N) is 1. The lowest BCUT2D eigenvalue weighted by molar-refractivity contribution is -0.170. The minimum Gasteiger partial charge on any atom is -0.444 e. The Hall–Kier alpha value is -4.25. The first-order valence-electron chi connectivity index (χ1n) is 15.1. The predicted molar refractivity (Wildman–Crippen MR) is 170 cm³/mol. The van der Waals surface area contributed by atoms with Gasteiger partial charge in [0, 0.05) is 18.7 Å². The van der Waals surface area contributed by atoms with Crippen LogP contribution in [0.15, 0.2) is 91.0 Å². The van der Waals surface area contributed by atoms with Crippen molar-refractivity contribution in [1.29, 1.82) is 0 Å². The highest BCUT2D eigenvalue weighted by Crippen LogP contribution is 2.21. The van der Waals surface area contributed by atoms with Crippen LogP contribution < -0.4 is 5.32 Å². The van der Waals surface area contributed by atoms with E-state index in [-0.39, 0.29) is 32.0 Å². The molecule has 3 aromatic rings. The fourth-order valence-corrected chi connectivity index (χ4v) is 4.69.